The van der Waals surface area contributed by atoms with Gasteiger partial charge in [0.05, 0.1) is 0 Å². The Hall–Kier alpha value is -0.790. The Balaban J connectivity index is 3.05. The van der Waals surface area contributed by atoms with Crippen LogP contribution >= 0.6 is 0 Å². The van der Waals surface area contributed by atoms with Crippen LogP contribution in [-0.2, 0) is 4.79 Å². The van der Waals surface area contributed by atoms with E-state index in [-0.39, 0.29) is 5.91 Å². The summed E-state index contributed by atoms with van der Waals surface area (Å²) in [7, 11) is 0. The van der Waals surface area contributed by atoms with E-state index < -0.39 is 0 Å². The highest BCUT2D eigenvalue weighted by molar-refractivity contribution is 5.91. The molecule has 26 heavy (non-hydrogen) atoms. The lowest BCUT2D eigenvalue weighted by molar-refractivity contribution is -0.117. The third-order valence-electron chi connectivity index (χ3n) is 5.20. The van der Waals surface area contributed by atoms with E-state index in [9.17, 15) is 4.79 Å². The van der Waals surface area contributed by atoms with Gasteiger partial charge in [-0.05, 0) is 13.3 Å². The molecule has 0 fully saturated rings. The SMILES string of the molecule is C=C(C)C(=O)NCCCCCCCCCCCCCCCCCCCC. The number of carbonyl (C=O) groups excluding carboxylic acids is 1. The van der Waals surface area contributed by atoms with E-state index in [1.165, 1.54) is 109 Å². The molecule has 1 amide bonds. The number of unbranched alkanes of at least 4 members (excludes halogenated alkanes) is 17. The summed E-state index contributed by atoms with van der Waals surface area (Å²) >= 11 is 0. The molecule has 0 atom stereocenters. The second-order valence-electron chi connectivity index (χ2n) is 8.05. The molecule has 0 aromatic heterocycles. The topological polar surface area (TPSA) is 29.1 Å². The van der Waals surface area contributed by atoms with Crippen LogP contribution in [0, 0.1) is 0 Å². The normalized spacial score (nSPS) is 10.8. The minimum atomic E-state index is -0.00280. The predicted octanol–water partition coefficient (Wildman–Crippen LogP) is 7.72. The first kappa shape index (κ1) is 25.2. The van der Waals surface area contributed by atoms with Crippen LogP contribution in [0.5, 0.6) is 0 Å². The van der Waals surface area contributed by atoms with Gasteiger partial charge in [-0.3, -0.25) is 4.79 Å². The summed E-state index contributed by atoms with van der Waals surface area (Å²) in [5.41, 5.74) is 0.604. The average molecular weight is 366 g/mol. The number of rotatable bonds is 20. The zero-order valence-electron chi connectivity index (χ0n) is 18.1. The van der Waals surface area contributed by atoms with Gasteiger partial charge in [0, 0.05) is 12.1 Å². The molecule has 0 aliphatic rings. The van der Waals surface area contributed by atoms with Crippen molar-refractivity contribution < 1.29 is 4.79 Å². The van der Waals surface area contributed by atoms with E-state index in [0.717, 1.165) is 13.0 Å². The van der Waals surface area contributed by atoms with E-state index >= 15 is 0 Å². The Morgan fingerprint density at radius 3 is 1.23 bits per heavy atom. The molecule has 0 aliphatic heterocycles. The van der Waals surface area contributed by atoms with E-state index in [1.807, 2.05) is 0 Å². The average Bonchev–Trinajstić information content (AvgIpc) is 2.63. The van der Waals surface area contributed by atoms with Crippen LogP contribution < -0.4 is 5.32 Å². The predicted molar refractivity (Wildman–Crippen MR) is 117 cm³/mol. The maximum atomic E-state index is 11.3. The second kappa shape index (κ2) is 20.5. The fourth-order valence-corrected chi connectivity index (χ4v) is 3.38. The first-order chi connectivity index (χ1) is 12.7. The van der Waals surface area contributed by atoms with E-state index in [0.29, 0.717) is 5.57 Å². The summed E-state index contributed by atoms with van der Waals surface area (Å²) in [5, 5.41) is 2.90. The maximum Gasteiger partial charge on any atom is 0.246 e. The van der Waals surface area contributed by atoms with Gasteiger partial charge in [-0.15, -0.1) is 0 Å². The summed E-state index contributed by atoms with van der Waals surface area (Å²) < 4.78 is 0. The summed E-state index contributed by atoms with van der Waals surface area (Å²) in [4.78, 5) is 11.3. The molecular formula is C24H47NO. The van der Waals surface area contributed by atoms with Crippen LogP contribution in [0.1, 0.15) is 129 Å². The van der Waals surface area contributed by atoms with Crippen LogP contribution in [0.4, 0.5) is 0 Å². The monoisotopic (exact) mass is 365 g/mol. The van der Waals surface area contributed by atoms with Crippen molar-refractivity contribution in [2.24, 2.45) is 0 Å². The van der Waals surface area contributed by atoms with Gasteiger partial charge >= 0.3 is 0 Å². The maximum absolute atomic E-state index is 11.3. The molecule has 154 valence electrons. The molecule has 0 spiro atoms. The van der Waals surface area contributed by atoms with Gasteiger partial charge in [0.2, 0.25) is 5.91 Å². The van der Waals surface area contributed by atoms with Crippen molar-refractivity contribution in [3.05, 3.63) is 12.2 Å². The number of nitrogens with one attached hydrogen (secondary N) is 1. The van der Waals surface area contributed by atoms with Crippen molar-refractivity contribution in [3.63, 3.8) is 0 Å². The molecule has 0 aromatic rings. The highest BCUT2D eigenvalue weighted by atomic mass is 16.1. The smallest absolute Gasteiger partial charge is 0.246 e. The highest BCUT2D eigenvalue weighted by Crippen LogP contribution is 2.14. The first-order valence-electron chi connectivity index (χ1n) is 11.6. The molecule has 0 aromatic carbocycles. The van der Waals surface area contributed by atoms with Crippen molar-refractivity contribution in [1.82, 2.24) is 5.32 Å². The molecule has 0 saturated carbocycles. The third kappa shape index (κ3) is 19.5. The summed E-state index contributed by atoms with van der Waals surface area (Å²) in [6, 6.07) is 0. The number of carbonyl (C=O) groups is 1. The molecule has 0 radical (unpaired) electrons. The van der Waals surface area contributed by atoms with Crippen molar-refractivity contribution >= 4 is 5.91 Å². The van der Waals surface area contributed by atoms with Gasteiger partial charge in [-0.25, -0.2) is 0 Å². The molecule has 0 aliphatic carbocycles. The van der Waals surface area contributed by atoms with E-state index in [4.69, 9.17) is 0 Å². The Bertz CT molecular complexity index is 324. The van der Waals surface area contributed by atoms with Crippen molar-refractivity contribution in [3.8, 4) is 0 Å². The quantitative estimate of drug-likeness (QED) is 0.174. The first-order valence-corrected chi connectivity index (χ1v) is 11.6. The standard InChI is InChI=1S/C24H47NO/c1-4-5-6-7-8-9-10-11-12-13-14-15-16-17-18-19-20-21-22-25-24(26)23(2)3/h2,4-22H2,1,3H3,(H,25,26). The summed E-state index contributed by atoms with van der Waals surface area (Å²) in [6.07, 6.45) is 25.0. The fourth-order valence-electron chi connectivity index (χ4n) is 3.38. The summed E-state index contributed by atoms with van der Waals surface area (Å²) in [6.45, 7) is 8.48. The van der Waals surface area contributed by atoms with Crippen molar-refractivity contribution in [2.75, 3.05) is 6.54 Å². The van der Waals surface area contributed by atoms with Crippen molar-refractivity contribution in [1.29, 1.82) is 0 Å². The van der Waals surface area contributed by atoms with Crippen LogP contribution in [0.25, 0.3) is 0 Å². The van der Waals surface area contributed by atoms with Crippen LogP contribution in [0.2, 0.25) is 0 Å². The molecule has 2 heteroatoms. The van der Waals surface area contributed by atoms with Crippen LogP contribution in [0.3, 0.4) is 0 Å². The van der Waals surface area contributed by atoms with Gasteiger partial charge in [-0.2, -0.15) is 0 Å². The molecule has 0 saturated heterocycles. The van der Waals surface area contributed by atoms with E-state index in [1.54, 1.807) is 6.92 Å². The molecule has 0 bridgehead atoms. The van der Waals surface area contributed by atoms with Crippen LogP contribution in [-0.4, -0.2) is 12.5 Å². The van der Waals surface area contributed by atoms with E-state index in [2.05, 4.69) is 18.8 Å². The largest absolute Gasteiger partial charge is 0.352 e. The van der Waals surface area contributed by atoms with Crippen molar-refractivity contribution in [2.45, 2.75) is 129 Å². The Morgan fingerprint density at radius 1 is 0.615 bits per heavy atom. The lowest BCUT2D eigenvalue weighted by Gasteiger charge is -2.05. The van der Waals surface area contributed by atoms with Gasteiger partial charge in [0.1, 0.15) is 0 Å². The Kier molecular flexibility index (Phi) is 19.9. The minimum absolute atomic E-state index is 0.00280. The van der Waals surface area contributed by atoms with Gasteiger partial charge in [-0.1, -0.05) is 123 Å². The lowest BCUT2D eigenvalue weighted by atomic mass is 10.0. The van der Waals surface area contributed by atoms with Gasteiger partial charge < -0.3 is 5.32 Å². The van der Waals surface area contributed by atoms with Gasteiger partial charge in [0.25, 0.3) is 0 Å². The third-order valence-corrected chi connectivity index (χ3v) is 5.20. The molecule has 0 unspecified atom stereocenters. The highest BCUT2D eigenvalue weighted by Gasteiger charge is 1.99. The van der Waals surface area contributed by atoms with Crippen LogP contribution in [0.15, 0.2) is 12.2 Å². The molecule has 2 nitrogen and oxygen atoms in total. The number of hydrogen-bond donors (Lipinski definition) is 1. The summed E-state index contributed by atoms with van der Waals surface area (Å²) in [5.74, 6) is -0.00280. The second-order valence-corrected chi connectivity index (χ2v) is 8.05. The van der Waals surface area contributed by atoms with Gasteiger partial charge in [0.15, 0.2) is 0 Å². The molecular weight excluding hydrogens is 318 g/mol. The Labute approximate surface area is 164 Å². The molecule has 0 rings (SSSR count). The lowest BCUT2D eigenvalue weighted by Crippen LogP contribution is -2.24. The zero-order valence-corrected chi connectivity index (χ0v) is 18.1. The molecule has 0 heterocycles. The molecule has 1 N–H and O–H groups in total. The minimum Gasteiger partial charge on any atom is -0.352 e. The number of hydrogen-bond acceptors (Lipinski definition) is 1. The fraction of sp³-hybridized carbons (Fsp3) is 0.875. The number of amides is 1. The zero-order chi connectivity index (χ0) is 19.3. The Morgan fingerprint density at radius 2 is 0.923 bits per heavy atom.